The lowest BCUT2D eigenvalue weighted by Gasteiger charge is -2.45. The molecule has 5 rings (SSSR count). The van der Waals surface area contributed by atoms with Gasteiger partial charge >= 0.3 is 0 Å². The second kappa shape index (κ2) is 8.51. The molecular formula is C24H31F2N3O4. The first-order chi connectivity index (χ1) is 15.9. The standard InChI is InChI=1S/C24H31F2N3O4/c1-31-16-6-8-23(9-7-16)12-15-4-5-17(33-14-18-3-2-10-32-18)11-19(15)24(23)21(30)29(13-20(25)26)22(27)28-24/h4-5,11,16,18,20H,2-3,6-10,12-14H2,1H3,(H2,27,28). The lowest BCUT2D eigenvalue weighted by molar-refractivity contribution is -0.139. The Morgan fingerprint density at radius 2 is 2.09 bits per heavy atom. The molecule has 0 aromatic heterocycles. The fraction of sp³-hybridized carbons (Fsp3) is 0.667. The summed E-state index contributed by atoms with van der Waals surface area (Å²) in [4.78, 5) is 19.5. The molecule has 33 heavy (non-hydrogen) atoms. The maximum absolute atomic E-state index is 13.8. The predicted molar refractivity (Wildman–Crippen MR) is 117 cm³/mol. The number of ether oxygens (including phenoxy) is 3. The van der Waals surface area contributed by atoms with Gasteiger partial charge in [0, 0.05) is 19.1 Å². The molecule has 7 nitrogen and oxygen atoms in total. The normalized spacial score (nSPS) is 33.4. The van der Waals surface area contributed by atoms with Gasteiger partial charge in [-0.2, -0.15) is 0 Å². The minimum absolute atomic E-state index is 0.0613. The molecule has 2 heterocycles. The third kappa shape index (κ3) is 3.60. The Morgan fingerprint density at radius 3 is 2.76 bits per heavy atom. The van der Waals surface area contributed by atoms with Crippen molar-refractivity contribution in [2.75, 3.05) is 26.9 Å². The molecular weight excluding hydrogens is 432 g/mol. The van der Waals surface area contributed by atoms with E-state index in [0.29, 0.717) is 31.6 Å². The van der Waals surface area contributed by atoms with Crippen LogP contribution in [0.2, 0.25) is 0 Å². The summed E-state index contributed by atoms with van der Waals surface area (Å²) in [5.74, 6) is 0.0402. The van der Waals surface area contributed by atoms with Gasteiger partial charge in [0.25, 0.3) is 12.3 Å². The van der Waals surface area contributed by atoms with Crippen molar-refractivity contribution in [1.82, 2.24) is 4.90 Å². The summed E-state index contributed by atoms with van der Waals surface area (Å²) in [5.41, 5.74) is 6.01. The Labute approximate surface area is 192 Å². The van der Waals surface area contributed by atoms with Crippen molar-refractivity contribution < 1.29 is 27.8 Å². The van der Waals surface area contributed by atoms with Gasteiger partial charge in [-0.25, -0.2) is 13.8 Å². The van der Waals surface area contributed by atoms with Gasteiger partial charge in [0.2, 0.25) is 0 Å². The largest absolute Gasteiger partial charge is 0.491 e. The maximum atomic E-state index is 13.8. The average molecular weight is 464 g/mol. The topological polar surface area (TPSA) is 86.4 Å². The number of alkyl halides is 2. The van der Waals surface area contributed by atoms with Crippen LogP contribution in [0.3, 0.4) is 0 Å². The highest BCUT2D eigenvalue weighted by atomic mass is 19.3. The van der Waals surface area contributed by atoms with E-state index in [1.54, 1.807) is 7.11 Å². The van der Waals surface area contributed by atoms with Crippen LogP contribution in [0.15, 0.2) is 23.2 Å². The molecule has 1 saturated carbocycles. The number of amides is 1. The zero-order valence-corrected chi connectivity index (χ0v) is 18.9. The van der Waals surface area contributed by atoms with Gasteiger partial charge in [-0.15, -0.1) is 0 Å². The second-order valence-electron chi connectivity index (χ2n) is 9.64. The molecule has 1 aromatic carbocycles. The summed E-state index contributed by atoms with van der Waals surface area (Å²) < 4.78 is 43.8. The number of hydrogen-bond donors (Lipinski definition) is 1. The predicted octanol–water partition coefficient (Wildman–Crippen LogP) is 2.99. The molecule has 2 atom stereocenters. The number of hydrogen-bond acceptors (Lipinski definition) is 6. The monoisotopic (exact) mass is 463 g/mol. The summed E-state index contributed by atoms with van der Waals surface area (Å²) in [6, 6.07) is 5.75. The third-order valence-corrected chi connectivity index (χ3v) is 7.88. The van der Waals surface area contributed by atoms with E-state index in [-0.39, 0.29) is 18.2 Å². The average Bonchev–Trinajstić information content (AvgIpc) is 3.47. The number of nitrogens with two attached hydrogens (primary N) is 1. The molecule has 2 fully saturated rings. The van der Waals surface area contributed by atoms with Gasteiger partial charge in [-0.3, -0.25) is 9.69 Å². The van der Waals surface area contributed by atoms with Gasteiger partial charge in [0.15, 0.2) is 11.5 Å². The van der Waals surface area contributed by atoms with Gasteiger partial charge in [0.05, 0.1) is 18.8 Å². The lowest BCUT2D eigenvalue weighted by atomic mass is 9.61. The molecule has 1 aromatic rings. The molecule has 2 N–H and O–H groups in total. The number of fused-ring (bicyclic) bond motifs is 3. The summed E-state index contributed by atoms with van der Waals surface area (Å²) in [6.45, 7) is 0.426. The second-order valence-corrected chi connectivity index (χ2v) is 9.64. The molecule has 4 aliphatic rings. The molecule has 2 unspecified atom stereocenters. The summed E-state index contributed by atoms with van der Waals surface area (Å²) >= 11 is 0. The molecule has 2 spiro atoms. The maximum Gasteiger partial charge on any atom is 0.262 e. The van der Waals surface area contributed by atoms with E-state index in [9.17, 15) is 13.6 Å². The summed E-state index contributed by atoms with van der Waals surface area (Å²) in [5, 5.41) is 0. The van der Waals surface area contributed by atoms with Crippen LogP contribution in [0, 0.1) is 5.41 Å². The van der Waals surface area contributed by atoms with Crippen molar-refractivity contribution in [1.29, 1.82) is 0 Å². The van der Waals surface area contributed by atoms with Crippen molar-refractivity contribution in [2.45, 2.75) is 69.1 Å². The van der Waals surface area contributed by atoms with E-state index in [1.807, 2.05) is 18.2 Å². The fourth-order valence-electron chi connectivity index (χ4n) is 6.21. The highest BCUT2D eigenvalue weighted by molar-refractivity contribution is 6.08. The van der Waals surface area contributed by atoms with E-state index < -0.39 is 29.8 Å². The Kier molecular flexibility index (Phi) is 5.81. The highest BCUT2D eigenvalue weighted by Crippen LogP contribution is 2.62. The minimum Gasteiger partial charge on any atom is -0.491 e. The highest BCUT2D eigenvalue weighted by Gasteiger charge is 2.66. The van der Waals surface area contributed by atoms with E-state index in [2.05, 4.69) is 0 Å². The first kappa shape index (κ1) is 22.5. The smallest absolute Gasteiger partial charge is 0.262 e. The summed E-state index contributed by atoms with van der Waals surface area (Å²) in [6.07, 6.45) is 3.10. The Hall–Kier alpha value is -2.26. The third-order valence-electron chi connectivity index (χ3n) is 7.88. The first-order valence-corrected chi connectivity index (χ1v) is 11.7. The molecule has 2 aliphatic heterocycles. The van der Waals surface area contributed by atoms with Crippen LogP contribution in [0.4, 0.5) is 8.78 Å². The quantitative estimate of drug-likeness (QED) is 0.701. The number of aliphatic imine (C=N–C) groups is 1. The number of benzene rings is 1. The van der Waals surface area contributed by atoms with E-state index >= 15 is 0 Å². The molecule has 2 aliphatic carbocycles. The molecule has 1 amide bonds. The Bertz CT molecular complexity index is 942. The number of halogens is 2. The van der Waals surface area contributed by atoms with Crippen LogP contribution in [-0.2, 0) is 26.2 Å². The lowest BCUT2D eigenvalue weighted by Crippen LogP contribution is -2.52. The number of rotatable bonds is 6. The number of methoxy groups -OCH3 is 1. The van der Waals surface area contributed by atoms with Crippen LogP contribution in [0.5, 0.6) is 5.75 Å². The molecule has 0 bridgehead atoms. The van der Waals surface area contributed by atoms with Gasteiger partial charge < -0.3 is 19.9 Å². The van der Waals surface area contributed by atoms with E-state index in [0.717, 1.165) is 48.3 Å². The van der Waals surface area contributed by atoms with Gasteiger partial charge in [0.1, 0.15) is 12.4 Å². The fourth-order valence-corrected chi connectivity index (χ4v) is 6.21. The number of nitrogens with zero attached hydrogens (tertiary/aromatic N) is 2. The number of carbonyl (C=O) groups excluding carboxylic acids is 1. The van der Waals surface area contributed by atoms with Crippen LogP contribution in [0.1, 0.15) is 49.7 Å². The summed E-state index contributed by atoms with van der Waals surface area (Å²) in [7, 11) is 1.70. The number of carbonyl (C=O) groups is 1. The Balaban J connectivity index is 1.52. The van der Waals surface area contributed by atoms with Crippen LogP contribution >= 0.6 is 0 Å². The number of guanidine groups is 1. The van der Waals surface area contributed by atoms with E-state index in [4.69, 9.17) is 24.9 Å². The molecule has 180 valence electrons. The van der Waals surface area contributed by atoms with Gasteiger partial charge in [-0.1, -0.05) is 6.07 Å². The zero-order valence-electron chi connectivity index (χ0n) is 18.9. The molecule has 9 heteroatoms. The van der Waals surface area contributed by atoms with E-state index in [1.165, 1.54) is 0 Å². The Morgan fingerprint density at radius 1 is 1.30 bits per heavy atom. The van der Waals surface area contributed by atoms with Crippen molar-refractivity contribution in [3.05, 3.63) is 29.3 Å². The van der Waals surface area contributed by atoms with Crippen LogP contribution in [0.25, 0.3) is 0 Å². The van der Waals surface area contributed by atoms with Crippen molar-refractivity contribution in [2.24, 2.45) is 16.1 Å². The van der Waals surface area contributed by atoms with Crippen molar-refractivity contribution in [3.63, 3.8) is 0 Å². The first-order valence-electron chi connectivity index (χ1n) is 11.7. The van der Waals surface area contributed by atoms with Gasteiger partial charge in [-0.05, 0) is 68.2 Å². The van der Waals surface area contributed by atoms with Crippen molar-refractivity contribution in [3.8, 4) is 5.75 Å². The minimum atomic E-state index is -2.69. The SMILES string of the molecule is COC1CCC2(CC1)Cc1ccc(OCC3CCCO3)cc1C21N=C(N)N(CC(F)F)C1=O. The molecule has 1 saturated heterocycles. The van der Waals surface area contributed by atoms with Crippen LogP contribution in [-0.4, -0.2) is 62.3 Å². The van der Waals surface area contributed by atoms with Crippen molar-refractivity contribution >= 4 is 11.9 Å². The zero-order chi connectivity index (χ0) is 23.2. The molecule has 0 radical (unpaired) electrons. The van der Waals surface area contributed by atoms with Crippen LogP contribution < -0.4 is 10.5 Å².